The van der Waals surface area contributed by atoms with Crippen molar-refractivity contribution in [3.05, 3.63) is 45.3 Å². The van der Waals surface area contributed by atoms with Gasteiger partial charge in [0.1, 0.15) is 0 Å². The van der Waals surface area contributed by atoms with Crippen LogP contribution in [0.3, 0.4) is 0 Å². The number of thiophene rings is 1. The van der Waals surface area contributed by atoms with E-state index in [1.807, 2.05) is 13.8 Å². The number of halogens is 1. The minimum Gasteiger partial charge on any atom is -0.465 e. The van der Waals surface area contributed by atoms with E-state index in [1.165, 1.54) is 19.2 Å². The molecule has 162 valence electrons. The van der Waals surface area contributed by atoms with Crippen LogP contribution in [0.4, 0.5) is 5.69 Å². The van der Waals surface area contributed by atoms with Crippen molar-refractivity contribution in [2.45, 2.75) is 37.4 Å². The van der Waals surface area contributed by atoms with Gasteiger partial charge in [-0.3, -0.25) is 9.52 Å². The summed E-state index contributed by atoms with van der Waals surface area (Å²) in [5.74, 6) is -0.785. The predicted molar refractivity (Wildman–Crippen MR) is 116 cm³/mol. The van der Waals surface area contributed by atoms with Crippen LogP contribution in [0, 0.1) is 5.92 Å². The number of hydrogen-bond donors (Lipinski definition) is 1. The summed E-state index contributed by atoms with van der Waals surface area (Å²) in [6.45, 7) is 4.54. The highest BCUT2D eigenvalue weighted by molar-refractivity contribution is 7.94. The van der Waals surface area contributed by atoms with Gasteiger partial charge < -0.3 is 9.64 Å². The summed E-state index contributed by atoms with van der Waals surface area (Å²) in [5.41, 5.74) is 1.02. The van der Waals surface area contributed by atoms with Gasteiger partial charge in [-0.15, -0.1) is 11.3 Å². The van der Waals surface area contributed by atoms with Gasteiger partial charge in [-0.25, -0.2) is 13.2 Å². The number of fused-ring (bicyclic) bond motifs is 1. The van der Waals surface area contributed by atoms with Crippen LogP contribution < -0.4 is 4.72 Å². The van der Waals surface area contributed by atoms with Gasteiger partial charge in [0.15, 0.2) is 4.21 Å². The third-order valence-corrected chi connectivity index (χ3v) is 8.47. The minimum absolute atomic E-state index is 0.0277. The molecular formula is C20H23ClN2O5S2. The van der Waals surface area contributed by atoms with Crippen LogP contribution >= 0.6 is 22.9 Å². The zero-order valence-electron chi connectivity index (χ0n) is 16.9. The molecule has 0 saturated heterocycles. The highest BCUT2D eigenvalue weighted by Crippen LogP contribution is 2.38. The maximum Gasteiger partial charge on any atom is 0.340 e. The lowest BCUT2D eigenvalue weighted by Crippen LogP contribution is -2.38. The molecule has 1 aromatic heterocycles. The topological polar surface area (TPSA) is 92.8 Å². The molecule has 1 N–H and O–H groups in total. The Kier molecular flexibility index (Phi) is 6.74. The van der Waals surface area contributed by atoms with Gasteiger partial charge in [0.25, 0.3) is 10.0 Å². The first-order valence-electron chi connectivity index (χ1n) is 9.48. The molecule has 1 atom stereocenters. The number of anilines is 1. The Labute approximate surface area is 185 Å². The number of esters is 1. The molecule has 0 unspecified atom stereocenters. The molecule has 1 amide bonds. The summed E-state index contributed by atoms with van der Waals surface area (Å²) in [4.78, 5) is 27.5. The number of nitrogens with zero attached hydrogens (tertiary/aromatic N) is 1. The Bertz CT molecular complexity index is 1060. The molecule has 0 aliphatic carbocycles. The lowest BCUT2D eigenvalue weighted by atomic mass is 10.0. The Morgan fingerprint density at radius 1 is 1.30 bits per heavy atom. The Morgan fingerprint density at radius 2 is 1.97 bits per heavy atom. The third kappa shape index (κ3) is 4.48. The molecule has 0 spiro atoms. The number of carbonyl (C=O) groups excluding carboxylic acids is 2. The molecular weight excluding hydrogens is 448 g/mol. The number of benzene rings is 1. The van der Waals surface area contributed by atoms with Crippen molar-refractivity contribution in [3.63, 3.8) is 0 Å². The summed E-state index contributed by atoms with van der Waals surface area (Å²) in [6.07, 6.45) is 1.12. The zero-order chi connectivity index (χ0) is 22.1. The number of methoxy groups -OCH3 is 1. The molecule has 7 nitrogen and oxygen atoms in total. The van der Waals surface area contributed by atoms with E-state index in [0.717, 1.165) is 17.8 Å². The van der Waals surface area contributed by atoms with Crippen molar-refractivity contribution in [3.8, 4) is 0 Å². The van der Waals surface area contributed by atoms with Gasteiger partial charge in [0.05, 0.1) is 19.2 Å². The summed E-state index contributed by atoms with van der Waals surface area (Å²) >= 11 is 6.86. The minimum atomic E-state index is -4.04. The molecule has 2 heterocycles. The number of rotatable bonds is 6. The van der Waals surface area contributed by atoms with Gasteiger partial charge in [-0.2, -0.15) is 0 Å². The van der Waals surface area contributed by atoms with Gasteiger partial charge in [0.2, 0.25) is 5.91 Å². The van der Waals surface area contributed by atoms with Crippen molar-refractivity contribution in [2.24, 2.45) is 5.92 Å². The molecule has 3 rings (SSSR count). The molecule has 30 heavy (non-hydrogen) atoms. The third-order valence-electron chi connectivity index (χ3n) is 5.10. The van der Waals surface area contributed by atoms with Gasteiger partial charge in [0, 0.05) is 28.0 Å². The standard InChI is InChI=1S/C20H23ClN2O5S2/c1-4-12(2)18(24)23-10-9-15-16(11-23)29-20(17(15)19(25)28-3)30(26,27)22-14-7-5-13(21)6-8-14/h5-8,12,22H,4,9-11H2,1-3H3/t12-/m0/s1. The second kappa shape index (κ2) is 8.95. The van der Waals surface area contributed by atoms with E-state index in [2.05, 4.69) is 4.72 Å². The van der Waals surface area contributed by atoms with Crippen molar-refractivity contribution >= 4 is 50.5 Å². The van der Waals surface area contributed by atoms with E-state index in [0.29, 0.717) is 34.1 Å². The fourth-order valence-corrected chi connectivity index (χ4v) is 6.36. The largest absolute Gasteiger partial charge is 0.465 e. The first-order valence-corrected chi connectivity index (χ1v) is 12.2. The lowest BCUT2D eigenvalue weighted by Gasteiger charge is -2.29. The second-order valence-corrected chi connectivity index (χ2v) is 10.5. The van der Waals surface area contributed by atoms with Crippen LogP contribution in [0.15, 0.2) is 28.5 Å². The van der Waals surface area contributed by atoms with Crippen LogP contribution in [-0.4, -0.2) is 38.8 Å². The van der Waals surface area contributed by atoms with Crippen molar-refractivity contribution in [1.82, 2.24) is 4.90 Å². The quantitative estimate of drug-likeness (QED) is 0.646. The van der Waals surface area contributed by atoms with E-state index >= 15 is 0 Å². The lowest BCUT2D eigenvalue weighted by molar-refractivity contribution is -0.135. The van der Waals surface area contributed by atoms with Crippen molar-refractivity contribution in [2.75, 3.05) is 18.4 Å². The number of sulfonamides is 1. The summed E-state index contributed by atoms with van der Waals surface area (Å²) in [5, 5.41) is 0.478. The van der Waals surface area contributed by atoms with Crippen LogP contribution in [0.2, 0.25) is 5.02 Å². The number of carbonyl (C=O) groups is 2. The number of ether oxygens (including phenoxy) is 1. The molecule has 2 aromatic rings. The van der Waals surface area contributed by atoms with Gasteiger partial charge >= 0.3 is 5.97 Å². The van der Waals surface area contributed by atoms with E-state index in [-0.39, 0.29) is 28.1 Å². The molecule has 10 heteroatoms. The van der Waals surface area contributed by atoms with E-state index in [4.69, 9.17) is 16.3 Å². The zero-order valence-corrected chi connectivity index (χ0v) is 19.3. The summed E-state index contributed by atoms with van der Waals surface area (Å²) < 4.78 is 33.4. The van der Waals surface area contributed by atoms with Crippen LogP contribution in [-0.2, 0) is 32.5 Å². The van der Waals surface area contributed by atoms with E-state index < -0.39 is 16.0 Å². The molecule has 0 saturated carbocycles. The average molecular weight is 471 g/mol. The average Bonchev–Trinajstić information content (AvgIpc) is 3.13. The summed E-state index contributed by atoms with van der Waals surface area (Å²) in [6, 6.07) is 6.21. The number of amides is 1. The molecule has 0 bridgehead atoms. The Balaban J connectivity index is 1.99. The maximum absolute atomic E-state index is 13.1. The molecule has 1 aromatic carbocycles. The van der Waals surface area contributed by atoms with Gasteiger partial charge in [-0.1, -0.05) is 25.4 Å². The van der Waals surface area contributed by atoms with Crippen molar-refractivity contribution < 1.29 is 22.7 Å². The van der Waals surface area contributed by atoms with E-state index in [1.54, 1.807) is 17.0 Å². The monoisotopic (exact) mass is 470 g/mol. The van der Waals surface area contributed by atoms with Gasteiger partial charge in [-0.05, 0) is 42.7 Å². The first-order chi connectivity index (χ1) is 14.2. The Hall–Kier alpha value is -2.10. The highest BCUT2D eigenvalue weighted by atomic mass is 35.5. The first kappa shape index (κ1) is 22.6. The van der Waals surface area contributed by atoms with Crippen LogP contribution in [0.5, 0.6) is 0 Å². The number of nitrogens with one attached hydrogen (secondary N) is 1. The normalized spacial score (nSPS) is 14.7. The molecule has 1 aliphatic rings. The second-order valence-electron chi connectivity index (χ2n) is 7.09. The SMILES string of the molecule is CC[C@H](C)C(=O)N1CCc2c(sc(S(=O)(=O)Nc3ccc(Cl)cc3)c2C(=O)OC)C1. The van der Waals surface area contributed by atoms with Crippen molar-refractivity contribution in [1.29, 1.82) is 0 Å². The van der Waals surface area contributed by atoms with Crippen LogP contribution in [0.1, 0.15) is 41.1 Å². The molecule has 0 radical (unpaired) electrons. The highest BCUT2D eigenvalue weighted by Gasteiger charge is 2.35. The fraction of sp³-hybridized carbons (Fsp3) is 0.400. The smallest absolute Gasteiger partial charge is 0.340 e. The summed E-state index contributed by atoms with van der Waals surface area (Å²) in [7, 11) is -2.82. The number of hydrogen-bond acceptors (Lipinski definition) is 6. The Morgan fingerprint density at radius 3 is 2.57 bits per heavy atom. The predicted octanol–water partition coefficient (Wildman–Crippen LogP) is 3.92. The molecule has 0 fully saturated rings. The molecule has 1 aliphatic heterocycles. The maximum atomic E-state index is 13.1. The van der Waals surface area contributed by atoms with Crippen LogP contribution in [0.25, 0.3) is 0 Å². The van der Waals surface area contributed by atoms with E-state index in [9.17, 15) is 18.0 Å². The fourth-order valence-electron chi connectivity index (χ4n) is 3.27.